The van der Waals surface area contributed by atoms with Crippen LogP contribution in [0.1, 0.15) is 74.9 Å². The summed E-state index contributed by atoms with van der Waals surface area (Å²) in [5.41, 5.74) is 28.1. The van der Waals surface area contributed by atoms with E-state index in [9.17, 15) is 10.0 Å². The molecule has 0 atom stereocenters. The predicted molar refractivity (Wildman–Crippen MR) is 457 cm³/mol. The third-order valence-corrected chi connectivity index (χ3v) is 23.2. The van der Waals surface area contributed by atoms with Crippen LogP contribution < -0.4 is 5.46 Å². The largest absolute Gasteiger partial charge is 0.489 e. The van der Waals surface area contributed by atoms with Gasteiger partial charge >= 0.3 is 7.12 Å². The van der Waals surface area contributed by atoms with Crippen molar-refractivity contribution in [2.45, 2.75) is 57.8 Å². The van der Waals surface area contributed by atoms with E-state index in [0.29, 0.717) is 61.6 Å². The van der Waals surface area contributed by atoms with E-state index in [2.05, 4.69) is 199 Å². The summed E-state index contributed by atoms with van der Waals surface area (Å²) in [4.78, 5) is 29.9. The van der Waals surface area contributed by atoms with E-state index in [1.54, 1.807) is 12.1 Å². The van der Waals surface area contributed by atoms with E-state index in [1.807, 2.05) is 140 Å². The predicted octanol–water partition coefficient (Wildman–Crippen LogP) is 24.5. The normalized spacial score (nSPS) is 13.5. The molecule has 0 amide bonds. The van der Waals surface area contributed by atoms with Crippen LogP contribution in [-0.4, -0.2) is 47.1 Å². The standard InChI is InChI=1S/C57H41N3O.C27H15Cl2N3O.C15H15BO2/c1-56(2)44-27-13-11-22-39(44)49-37(24-15-29-46(49)56)36-32-42(38-25-16-30-47-50(38)40-23-12-14-28-45(40)57(47,3)4)52-43(33-36)51-41(26-17-31-48(51)61-52)55-59-53(34-18-7-5-8-19-34)58-54(60-55)35-20-9-6-10-21-35;28-18-14-20-23-19(12-7-13-22(23)33-24(20)21(29)15-18)27-31-25(16-8-3-1-4-9-16)30-26(32-27)17-10-5-2-6-11-17;1-15(2)11-7-4-3-6-10(11)14-12(15)8-5-9-13(14)16(17)18/h5-33H,1-4H3;1-15H;3-9,17-18H,1-2H3. The third kappa shape index (κ3) is 11.6. The van der Waals surface area contributed by atoms with E-state index in [1.165, 1.54) is 55.6 Å². The minimum atomic E-state index is -1.43. The van der Waals surface area contributed by atoms with Crippen molar-refractivity contribution in [3.05, 3.63) is 353 Å². The molecule has 18 aromatic rings. The highest BCUT2D eigenvalue weighted by molar-refractivity contribution is 6.60. The van der Waals surface area contributed by atoms with Gasteiger partial charge in [0.15, 0.2) is 40.5 Å². The Hall–Kier alpha value is -12.7. The average Bonchev–Trinajstić information content (AvgIpc) is 1.56. The van der Waals surface area contributed by atoms with Crippen molar-refractivity contribution in [2.24, 2.45) is 0 Å². The number of fused-ring (bicyclic) bond motifs is 15. The van der Waals surface area contributed by atoms with Crippen LogP contribution in [0.25, 0.3) is 168 Å². The summed E-state index contributed by atoms with van der Waals surface area (Å²) >= 11 is 12.7. The zero-order valence-electron chi connectivity index (χ0n) is 62.2. The van der Waals surface area contributed by atoms with Crippen LogP contribution in [0.2, 0.25) is 10.0 Å². The minimum Gasteiger partial charge on any atom is -0.455 e. The first-order chi connectivity index (χ1) is 54.5. The number of furan rings is 2. The molecule has 0 spiro atoms. The van der Waals surface area contributed by atoms with Crippen molar-refractivity contribution >= 4 is 79.7 Å². The highest BCUT2D eigenvalue weighted by atomic mass is 35.5. The van der Waals surface area contributed by atoms with E-state index < -0.39 is 7.12 Å². The number of hydrogen-bond acceptors (Lipinski definition) is 10. The summed E-state index contributed by atoms with van der Waals surface area (Å²) in [5, 5.41) is 23.8. The second kappa shape index (κ2) is 27.4. The fourth-order valence-corrected chi connectivity index (χ4v) is 17.9. The Bertz CT molecular complexity index is 6690. The van der Waals surface area contributed by atoms with Gasteiger partial charge in [-0.05, 0) is 125 Å². The number of rotatable bonds is 9. The number of halogens is 2. The van der Waals surface area contributed by atoms with Crippen molar-refractivity contribution in [3.8, 4) is 124 Å². The number of benzene rings is 14. The first-order valence-corrected chi connectivity index (χ1v) is 38.3. The molecule has 3 aliphatic carbocycles. The smallest absolute Gasteiger partial charge is 0.455 e. The van der Waals surface area contributed by atoms with Gasteiger partial charge in [-0.2, -0.15) is 0 Å². The number of hydrogen-bond donors (Lipinski definition) is 2. The molecular weight excluding hydrogens is 1420 g/mol. The lowest BCUT2D eigenvalue weighted by Crippen LogP contribution is -2.32. The van der Waals surface area contributed by atoms with E-state index >= 15 is 0 Å². The zero-order chi connectivity index (χ0) is 76.3. The summed E-state index contributed by atoms with van der Waals surface area (Å²) in [6, 6.07) is 106. The van der Waals surface area contributed by atoms with Crippen molar-refractivity contribution in [1.82, 2.24) is 29.9 Å². The first kappa shape index (κ1) is 69.7. The summed E-state index contributed by atoms with van der Waals surface area (Å²) in [6.07, 6.45) is 0. The summed E-state index contributed by atoms with van der Waals surface area (Å²) < 4.78 is 13.2. The quantitative estimate of drug-likeness (QED) is 0.134. The third-order valence-electron chi connectivity index (χ3n) is 22.7. The van der Waals surface area contributed by atoms with Crippen LogP contribution >= 0.6 is 23.2 Å². The summed E-state index contributed by atoms with van der Waals surface area (Å²) in [6.45, 7) is 13.7. The van der Waals surface area contributed by atoms with Crippen LogP contribution in [0.4, 0.5) is 0 Å². The van der Waals surface area contributed by atoms with Gasteiger partial charge in [0, 0.05) is 81.8 Å². The molecule has 112 heavy (non-hydrogen) atoms. The van der Waals surface area contributed by atoms with Crippen molar-refractivity contribution < 1.29 is 18.9 Å². The number of aromatic nitrogens is 6. The highest BCUT2D eigenvalue weighted by Gasteiger charge is 2.41. The van der Waals surface area contributed by atoms with E-state index in [0.717, 1.165) is 99.5 Å². The lowest BCUT2D eigenvalue weighted by Gasteiger charge is -2.22. The van der Waals surface area contributed by atoms with Gasteiger partial charge < -0.3 is 18.9 Å². The molecular formula is C99H71BCl2N6O4. The molecule has 14 aromatic carbocycles. The SMILES string of the molecule is CC1(C)c2ccccc2-c2c(-c3cc(-c4cccc5c4-c4ccccc4C5(C)C)c4oc5cccc(-c6nc(-c7ccccc7)nc(-c7ccccc7)n6)c5c4c3)cccc21.CC1(C)c2ccccc2-c2c(B(O)O)cccc21.Clc1cc(Cl)c2oc3cccc(-c4nc(-c5ccccc5)nc(-c5ccccc5)n4)c3c2c1. The molecule has 0 radical (unpaired) electrons. The van der Waals surface area contributed by atoms with Crippen LogP contribution in [0.15, 0.2) is 318 Å². The maximum Gasteiger partial charge on any atom is 0.489 e. The molecule has 538 valence electrons. The van der Waals surface area contributed by atoms with Gasteiger partial charge in [0.25, 0.3) is 0 Å². The maximum atomic E-state index is 9.54. The number of nitrogens with zero attached hydrogens (tertiary/aromatic N) is 6. The molecule has 0 saturated heterocycles. The molecule has 0 bridgehead atoms. The molecule has 4 aromatic heterocycles. The second-order valence-electron chi connectivity index (χ2n) is 30.4. The van der Waals surface area contributed by atoms with Gasteiger partial charge in [0.2, 0.25) is 0 Å². The van der Waals surface area contributed by atoms with Gasteiger partial charge in [-0.25, -0.2) is 29.9 Å². The average molecular weight is 1490 g/mol. The Balaban J connectivity index is 0.000000137. The molecule has 13 heteroatoms. The van der Waals surface area contributed by atoms with Crippen molar-refractivity contribution in [3.63, 3.8) is 0 Å². The molecule has 0 unspecified atom stereocenters. The zero-order valence-corrected chi connectivity index (χ0v) is 63.7. The van der Waals surface area contributed by atoms with E-state index in [4.69, 9.17) is 61.9 Å². The van der Waals surface area contributed by atoms with Crippen molar-refractivity contribution in [1.29, 1.82) is 0 Å². The Morgan fingerprint density at radius 2 is 0.607 bits per heavy atom. The fraction of sp³-hybridized carbons (Fsp3) is 0.0909. The van der Waals surface area contributed by atoms with Gasteiger partial charge in [0.1, 0.15) is 16.7 Å². The molecule has 10 nitrogen and oxygen atoms in total. The topological polar surface area (TPSA) is 144 Å². The van der Waals surface area contributed by atoms with Crippen LogP contribution in [0.3, 0.4) is 0 Å². The van der Waals surface area contributed by atoms with E-state index in [-0.39, 0.29) is 16.2 Å². The highest BCUT2D eigenvalue weighted by Crippen LogP contribution is 2.57. The second-order valence-corrected chi connectivity index (χ2v) is 31.3. The monoisotopic (exact) mass is 1490 g/mol. The van der Waals surface area contributed by atoms with Gasteiger partial charge in [0.05, 0.1) is 5.02 Å². The van der Waals surface area contributed by atoms with Crippen LogP contribution in [0, 0.1) is 0 Å². The molecule has 0 aliphatic heterocycles. The van der Waals surface area contributed by atoms with Gasteiger partial charge in [-0.15, -0.1) is 0 Å². The molecule has 3 aliphatic rings. The van der Waals surface area contributed by atoms with Gasteiger partial charge in [-0.3, -0.25) is 0 Å². The lowest BCUT2D eigenvalue weighted by atomic mass is 9.74. The Labute approximate surface area is 658 Å². The van der Waals surface area contributed by atoms with Gasteiger partial charge in [-0.1, -0.05) is 338 Å². The lowest BCUT2D eigenvalue weighted by molar-refractivity contribution is 0.426. The first-order valence-electron chi connectivity index (χ1n) is 37.6. The minimum absolute atomic E-state index is 0.0865. The molecule has 2 N–H and O–H groups in total. The van der Waals surface area contributed by atoms with Crippen LogP contribution in [0.5, 0.6) is 0 Å². The molecule has 21 rings (SSSR count). The maximum absolute atomic E-state index is 9.54. The Morgan fingerprint density at radius 3 is 1.05 bits per heavy atom. The molecule has 0 saturated carbocycles. The van der Waals surface area contributed by atoms with Crippen LogP contribution in [-0.2, 0) is 16.2 Å². The molecule has 0 fully saturated rings. The fourth-order valence-electron chi connectivity index (χ4n) is 17.3. The van der Waals surface area contributed by atoms with Crippen molar-refractivity contribution in [2.75, 3.05) is 0 Å². The summed E-state index contributed by atoms with van der Waals surface area (Å²) in [5.74, 6) is 3.59. The Kier molecular flexibility index (Phi) is 17.0. The summed E-state index contributed by atoms with van der Waals surface area (Å²) in [7, 11) is -1.43. The Morgan fingerprint density at radius 1 is 0.277 bits per heavy atom. The molecule has 4 heterocycles.